The molecule has 420 valence electrons. The first-order chi connectivity index (χ1) is 40.8. The normalized spacial score (nSPS) is 11.5. The monoisotopic (exact) mass is 1280 g/mol. The SMILES string of the molecule is O=S(=O)(O)c1cc(Nc2cc(Sc3nnnn3-c3ccccc3)nc(Sc3nnnn3-c3ccccc3)n2)ccc1C=Cc1ccc(Nc2cc(Sc3nnnn3-c3ccccc3)nc(Sc3nnnn3-c3ccccc3)n2)cc1S(=O)(=O)O.[H-].[H-].[Na+].[Na+]. The summed E-state index contributed by atoms with van der Waals surface area (Å²) in [4.78, 5) is 17.8. The number of para-hydroxylation sites is 4. The molecule has 0 radical (unpaired) electrons. The third kappa shape index (κ3) is 14.8. The zero-order chi connectivity index (χ0) is 57.6. The molecule has 86 heavy (non-hydrogen) atoms. The van der Waals surface area contributed by atoms with Crippen LogP contribution in [0.2, 0.25) is 0 Å². The van der Waals surface area contributed by atoms with Crippen molar-refractivity contribution < 1.29 is 87.9 Å². The molecule has 0 unspecified atom stereocenters. The Balaban J connectivity index is 0.00000251. The predicted molar refractivity (Wildman–Crippen MR) is 307 cm³/mol. The molecule has 0 bridgehead atoms. The minimum absolute atomic E-state index is 0. The van der Waals surface area contributed by atoms with E-state index in [0.29, 0.717) is 53.4 Å². The number of nitrogens with zero attached hydrogens (tertiary/aromatic N) is 20. The van der Waals surface area contributed by atoms with Gasteiger partial charge in [0, 0.05) is 23.5 Å². The van der Waals surface area contributed by atoms with Gasteiger partial charge in [-0.05, 0) is 173 Å². The maximum atomic E-state index is 13.1. The van der Waals surface area contributed by atoms with Crippen LogP contribution in [0.3, 0.4) is 0 Å². The molecular formula is C50H36N22Na2O6S6. The van der Waals surface area contributed by atoms with Crippen molar-refractivity contribution in [3.05, 3.63) is 181 Å². The van der Waals surface area contributed by atoms with Gasteiger partial charge in [0.25, 0.3) is 20.2 Å². The topological polar surface area (TPSA) is 359 Å². The third-order valence-electron chi connectivity index (χ3n) is 11.5. The molecule has 0 amide bonds. The van der Waals surface area contributed by atoms with Gasteiger partial charge in [-0.15, -0.1) is 20.4 Å². The van der Waals surface area contributed by atoms with Crippen LogP contribution in [0.5, 0.6) is 0 Å². The number of hydrogen-bond acceptors (Lipinski definition) is 26. The van der Waals surface area contributed by atoms with Crippen molar-refractivity contribution in [1.29, 1.82) is 0 Å². The molecule has 0 aliphatic heterocycles. The average molecular weight is 1280 g/mol. The van der Waals surface area contributed by atoms with Crippen LogP contribution in [-0.2, 0) is 20.2 Å². The first-order valence-electron chi connectivity index (χ1n) is 24.1. The number of hydrogen-bond donors (Lipinski definition) is 4. The van der Waals surface area contributed by atoms with E-state index in [-0.39, 0.29) is 106 Å². The minimum atomic E-state index is -4.95. The van der Waals surface area contributed by atoms with Crippen molar-refractivity contribution in [1.82, 2.24) is 101 Å². The van der Waals surface area contributed by atoms with Gasteiger partial charge in [0.05, 0.1) is 22.7 Å². The Morgan fingerprint density at radius 2 is 0.698 bits per heavy atom. The van der Waals surface area contributed by atoms with Crippen molar-refractivity contribution in [2.45, 2.75) is 50.8 Å². The van der Waals surface area contributed by atoms with Gasteiger partial charge in [-0.25, -0.2) is 19.9 Å². The summed E-state index contributed by atoms with van der Waals surface area (Å²) in [6, 6.07) is 48.2. The molecule has 0 fully saturated rings. The second-order valence-electron chi connectivity index (χ2n) is 17.0. The van der Waals surface area contributed by atoms with Crippen LogP contribution in [0.25, 0.3) is 34.9 Å². The van der Waals surface area contributed by atoms with Crippen LogP contribution in [0, 0.1) is 0 Å². The Bertz CT molecular complexity index is 4140. The van der Waals surface area contributed by atoms with E-state index in [0.717, 1.165) is 47.0 Å². The summed E-state index contributed by atoms with van der Waals surface area (Å²) >= 11 is 4.34. The zero-order valence-electron chi connectivity index (χ0n) is 46.2. The second kappa shape index (κ2) is 27.4. The van der Waals surface area contributed by atoms with Crippen LogP contribution in [0.1, 0.15) is 14.0 Å². The van der Waals surface area contributed by atoms with Gasteiger partial charge in [-0.1, -0.05) is 97.1 Å². The van der Waals surface area contributed by atoms with Crippen molar-refractivity contribution in [2.24, 2.45) is 0 Å². The Kier molecular flexibility index (Phi) is 19.5. The van der Waals surface area contributed by atoms with Crippen LogP contribution in [0.15, 0.2) is 221 Å². The van der Waals surface area contributed by atoms with Gasteiger partial charge in [0.2, 0.25) is 20.6 Å². The van der Waals surface area contributed by atoms with Gasteiger partial charge in [-0.3, -0.25) is 9.11 Å². The van der Waals surface area contributed by atoms with Gasteiger partial charge in [0.15, 0.2) is 10.3 Å². The molecular weight excluding hydrogens is 1240 g/mol. The Morgan fingerprint density at radius 1 is 0.395 bits per heavy atom. The summed E-state index contributed by atoms with van der Waals surface area (Å²) in [5.41, 5.74) is 2.99. The van der Waals surface area contributed by atoms with E-state index in [1.54, 1.807) is 12.1 Å². The largest absolute Gasteiger partial charge is 1.00 e. The minimum Gasteiger partial charge on any atom is -1.00 e. The van der Waals surface area contributed by atoms with Crippen molar-refractivity contribution >= 4 is 102 Å². The number of rotatable bonds is 20. The fourth-order valence-corrected chi connectivity index (χ4v) is 12.4. The molecule has 6 aromatic carbocycles. The predicted octanol–water partition coefficient (Wildman–Crippen LogP) is 2.16. The van der Waals surface area contributed by atoms with E-state index in [4.69, 9.17) is 19.9 Å². The molecule has 0 spiro atoms. The molecule has 12 rings (SSSR count). The maximum Gasteiger partial charge on any atom is 1.00 e. The number of nitrogens with one attached hydrogen (secondary N) is 2. The summed E-state index contributed by atoms with van der Waals surface area (Å²) in [7, 11) is -9.91. The molecule has 6 aromatic heterocycles. The molecule has 0 saturated heterocycles. The first-order valence-corrected chi connectivity index (χ1v) is 30.3. The maximum absolute atomic E-state index is 13.1. The van der Waals surface area contributed by atoms with Crippen LogP contribution < -0.4 is 69.7 Å². The van der Waals surface area contributed by atoms with Crippen molar-refractivity contribution in [3.8, 4) is 22.7 Å². The number of anilines is 4. The molecule has 0 atom stereocenters. The fourth-order valence-electron chi connectivity index (χ4n) is 7.80. The van der Waals surface area contributed by atoms with E-state index in [1.165, 1.54) is 67.3 Å². The molecule has 0 aliphatic rings. The Morgan fingerprint density at radius 3 is 1.00 bits per heavy atom. The van der Waals surface area contributed by atoms with E-state index < -0.39 is 30.0 Å². The van der Waals surface area contributed by atoms with Crippen molar-refractivity contribution in [2.75, 3.05) is 10.6 Å². The van der Waals surface area contributed by atoms with Gasteiger partial charge < -0.3 is 13.5 Å². The van der Waals surface area contributed by atoms with E-state index in [1.807, 2.05) is 121 Å². The quantitative estimate of drug-likeness (QED) is 0.0279. The number of aromatic nitrogens is 20. The smallest absolute Gasteiger partial charge is 1.00 e. The molecule has 0 aliphatic carbocycles. The van der Waals surface area contributed by atoms with E-state index in [9.17, 15) is 25.9 Å². The first kappa shape index (κ1) is 61.4. The summed E-state index contributed by atoms with van der Waals surface area (Å²) < 4.78 is 79.7. The third-order valence-corrected chi connectivity index (χ3v) is 16.6. The molecule has 36 heteroatoms. The molecule has 28 nitrogen and oxygen atoms in total. The van der Waals surface area contributed by atoms with Crippen LogP contribution >= 0.6 is 47.0 Å². The molecule has 4 N–H and O–H groups in total. The number of tetrazole rings is 4. The summed E-state index contributed by atoms with van der Waals surface area (Å²) in [6.45, 7) is 0. The second-order valence-corrected chi connectivity index (χ2v) is 23.7. The summed E-state index contributed by atoms with van der Waals surface area (Å²) in [5.74, 6) is 0.371. The standard InChI is InChI=1S/C50H34N22O6S6.2Na.2H/c73-83(74,75)39-27-33(51-41-29-43(79-47-57-61-65-69(47)35-13-5-1-6-14-35)55-45(53-41)81-49-59-63-67-71(49)37-17-9-3-10-18-37)25-23-31(39)21-22-32-24-26-34(28-40(32)84(76,77)78)52-42-30-44(80-48-58-62-66-70(48)36-15-7-2-8-16-36)56-46(54-42)82-50-60-64-68-72(50)38-19-11-4-12-20-38;;;;/h1-30H,(H,51,53,55)(H,52,54,56)(H,73,74,75)(H,76,77,78);;;;/q;2*+1;2*-1. The summed E-state index contributed by atoms with van der Waals surface area (Å²) in [5, 5.41) is 57.5. The van der Waals surface area contributed by atoms with Crippen LogP contribution in [-0.4, -0.2) is 127 Å². The van der Waals surface area contributed by atoms with E-state index >= 15 is 0 Å². The van der Waals surface area contributed by atoms with Gasteiger partial charge >= 0.3 is 59.1 Å². The molecule has 6 heterocycles. The number of benzene rings is 6. The zero-order valence-corrected chi connectivity index (χ0v) is 53.1. The van der Waals surface area contributed by atoms with Gasteiger partial charge in [-0.2, -0.15) is 35.6 Å². The Hall–Kier alpha value is -7.68. The van der Waals surface area contributed by atoms with Crippen molar-refractivity contribution in [3.63, 3.8) is 0 Å². The molecule has 12 aromatic rings. The molecule has 0 saturated carbocycles. The Labute approximate surface area is 551 Å². The van der Waals surface area contributed by atoms with Gasteiger partial charge in [0.1, 0.15) is 31.5 Å². The average Bonchev–Trinajstić information content (AvgIpc) is 1.90. The van der Waals surface area contributed by atoms with E-state index in [2.05, 4.69) is 72.7 Å². The van der Waals surface area contributed by atoms with Crippen LogP contribution in [0.4, 0.5) is 23.0 Å². The summed E-state index contributed by atoms with van der Waals surface area (Å²) in [6.07, 6.45) is 2.55. The fraction of sp³-hybridized carbons (Fsp3) is 0.